The third-order valence-electron chi connectivity index (χ3n) is 4.06. The predicted molar refractivity (Wildman–Crippen MR) is 99.5 cm³/mol. The van der Waals surface area contributed by atoms with Gasteiger partial charge in [-0.2, -0.15) is 0 Å². The van der Waals surface area contributed by atoms with E-state index >= 15 is 0 Å². The Bertz CT molecular complexity index is 467. The summed E-state index contributed by atoms with van der Waals surface area (Å²) >= 11 is 0. The molecule has 26 heavy (non-hydrogen) atoms. The number of carbonyl (C=O) groups excluding carboxylic acids is 3. The Balaban J connectivity index is 3.49. The highest BCUT2D eigenvalue weighted by atomic mass is 16.6. The van der Waals surface area contributed by atoms with Crippen LogP contribution in [0.25, 0.3) is 0 Å². The van der Waals surface area contributed by atoms with Crippen molar-refractivity contribution >= 4 is 17.9 Å². The molecule has 0 saturated carbocycles. The maximum atomic E-state index is 11.8. The molecule has 0 aliphatic heterocycles. The van der Waals surface area contributed by atoms with E-state index in [9.17, 15) is 14.4 Å². The fourth-order valence-corrected chi connectivity index (χ4v) is 2.24. The Kier molecular flexibility index (Phi) is 12.4. The van der Waals surface area contributed by atoms with Crippen molar-refractivity contribution in [2.75, 3.05) is 20.3 Å². The first-order chi connectivity index (χ1) is 12.2. The lowest BCUT2D eigenvalue weighted by atomic mass is 9.94. The van der Waals surface area contributed by atoms with E-state index in [-0.39, 0.29) is 5.97 Å². The van der Waals surface area contributed by atoms with Gasteiger partial charge < -0.3 is 14.2 Å². The number of hydrogen-bond donors (Lipinski definition) is 0. The molecule has 0 aromatic heterocycles. The molecule has 0 aromatic rings. The molecule has 0 unspecified atom stereocenters. The molecule has 0 aliphatic rings. The summed E-state index contributed by atoms with van der Waals surface area (Å²) in [6.07, 6.45) is 8.18. The molecule has 0 radical (unpaired) electrons. The number of hydrogen-bond acceptors (Lipinski definition) is 6. The topological polar surface area (TPSA) is 78.9 Å². The number of carbonyl (C=O) groups is 3. The molecule has 6 nitrogen and oxygen atoms in total. The van der Waals surface area contributed by atoms with Crippen molar-refractivity contribution < 1.29 is 28.6 Å². The normalized spacial score (nSPS) is 10.9. The van der Waals surface area contributed by atoms with Crippen LogP contribution in [0.5, 0.6) is 0 Å². The predicted octanol–water partition coefficient (Wildman–Crippen LogP) is 3.97. The summed E-state index contributed by atoms with van der Waals surface area (Å²) in [5, 5.41) is 0. The highest BCUT2D eigenvalue weighted by molar-refractivity contribution is 5.99. The lowest BCUT2D eigenvalue weighted by Gasteiger charge is -2.19. The van der Waals surface area contributed by atoms with Crippen molar-refractivity contribution in [1.82, 2.24) is 0 Å². The Morgan fingerprint density at radius 2 is 1.19 bits per heavy atom. The summed E-state index contributed by atoms with van der Waals surface area (Å²) in [6, 6.07) is 0. The van der Waals surface area contributed by atoms with Gasteiger partial charge in [-0.15, -0.1) is 0 Å². The van der Waals surface area contributed by atoms with E-state index in [1.54, 1.807) is 6.92 Å². The fraction of sp³-hybridized carbons (Fsp3) is 0.750. The van der Waals surface area contributed by atoms with Crippen molar-refractivity contribution in [2.45, 2.75) is 72.1 Å². The van der Waals surface area contributed by atoms with E-state index in [2.05, 4.69) is 11.3 Å². The van der Waals surface area contributed by atoms with Crippen molar-refractivity contribution in [3.8, 4) is 0 Å². The number of esters is 3. The van der Waals surface area contributed by atoms with Crippen LogP contribution in [0.3, 0.4) is 0 Å². The summed E-state index contributed by atoms with van der Waals surface area (Å²) in [5.74, 6) is -1.45. The lowest BCUT2D eigenvalue weighted by Crippen LogP contribution is -2.36. The van der Waals surface area contributed by atoms with E-state index in [1.807, 2.05) is 0 Å². The zero-order valence-electron chi connectivity index (χ0n) is 16.7. The van der Waals surface area contributed by atoms with Gasteiger partial charge in [-0.25, -0.2) is 4.79 Å². The minimum absolute atomic E-state index is 0.319. The summed E-state index contributed by atoms with van der Waals surface area (Å²) in [5.41, 5.74) is -0.822. The smallest absolute Gasteiger partial charge is 0.333 e. The summed E-state index contributed by atoms with van der Waals surface area (Å²) < 4.78 is 14.8. The summed E-state index contributed by atoms with van der Waals surface area (Å²) in [7, 11) is 1.26. The van der Waals surface area contributed by atoms with Gasteiger partial charge in [-0.1, -0.05) is 45.1 Å². The van der Waals surface area contributed by atoms with Crippen LogP contribution in [0.4, 0.5) is 0 Å². The molecule has 0 fully saturated rings. The van der Waals surface area contributed by atoms with Gasteiger partial charge in [0, 0.05) is 5.57 Å². The number of rotatable bonds is 14. The summed E-state index contributed by atoms with van der Waals surface area (Å²) in [4.78, 5) is 34.5. The van der Waals surface area contributed by atoms with Crippen LogP contribution in [0.15, 0.2) is 12.2 Å². The Morgan fingerprint density at radius 3 is 1.62 bits per heavy atom. The van der Waals surface area contributed by atoms with Gasteiger partial charge in [0.15, 0.2) is 5.41 Å². The first-order valence-electron chi connectivity index (χ1n) is 9.31. The SMILES string of the molecule is C=C(C)C(=O)OCCCCCCCCCCOC(=O)C(C)(C)C(=O)OC. The van der Waals surface area contributed by atoms with Gasteiger partial charge >= 0.3 is 17.9 Å². The second-order valence-electron chi connectivity index (χ2n) is 7.00. The van der Waals surface area contributed by atoms with Crippen LogP contribution in [0.1, 0.15) is 72.1 Å². The van der Waals surface area contributed by atoms with Crippen LogP contribution >= 0.6 is 0 Å². The molecule has 0 aromatic carbocycles. The van der Waals surface area contributed by atoms with Crippen molar-refractivity contribution in [3.63, 3.8) is 0 Å². The first kappa shape index (κ1) is 24.1. The minimum Gasteiger partial charge on any atom is -0.468 e. The van der Waals surface area contributed by atoms with Gasteiger partial charge in [-0.05, 0) is 33.6 Å². The Morgan fingerprint density at radius 1 is 0.769 bits per heavy atom. The molecular weight excluding hydrogens is 336 g/mol. The standard InChI is InChI=1S/C20H34O6/c1-16(2)17(21)25-14-12-10-8-6-7-9-11-13-15-26-19(23)20(3,4)18(22)24-5/h1,6-15H2,2-5H3. The van der Waals surface area contributed by atoms with E-state index in [1.165, 1.54) is 21.0 Å². The van der Waals surface area contributed by atoms with Crippen LogP contribution < -0.4 is 0 Å². The van der Waals surface area contributed by atoms with Crippen LogP contribution in [0.2, 0.25) is 0 Å². The zero-order valence-corrected chi connectivity index (χ0v) is 16.7. The molecule has 150 valence electrons. The molecule has 0 bridgehead atoms. The van der Waals surface area contributed by atoms with E-state index < -0.39 is 17.4 Å². The lowest BCUT2D eigenvalue weighted by molar-refractivity contribution is -0.168. The summed E-state index contributed by atoms with van der Waals surface area (Å²) in [6.45, 7) is 8.96. The average Bonchev–Trinajstić information content (AvgIpc) is 2.60. The molecule has 0 saturated heterocycles. The Labute approximate surface area is 157 Å². The third kappa shape index (κ3) is 10.2. The molecule has 0 atom stereocenters. The van der Waals surface area contributed by atoms with Gasteiger partial charge in [-0.3, -0.25) is 9.59 Å². The molecule has 0 heterocycles. The van der Waals surface area contributed by atoms with Crippen LogP contribution in [-0.4, -0.2) is 38.2 Å². The van der Waals surface area contributed by atoms with Gasteiger partial charge in [0.05, 0.1) is 20.3 Å². The molecule has 0 aliphatic carbocycles. The van der Waals surface area contributed by atoms with E-state index in [0.29, 0.717) is 18.8 Å². The first-order valence-corrected chi connectivity index (χ1v) is 9.31. The van der Waals surface area contributed by atoms with Crippen molar-refractivity contribution in [1.29, 1.82) is 0 Å². The highest BCUT2D eigenvalue weighted by Crippen LogP contribution is 2.19. The number of methoxy groups -OCH3 is 1. The van der Waals surface area contributed by atoms with Gasteiger partial charge in [0.2, 0.25) is 0 Å². The van der Waals surface area contributed by atoms with Gasteiger partial charge in [0.1, 0.15) is 0 Å². The number of ether oxygens (including phenoxy) is 3. The third-order valence-corrected chi connectivity index (χ3v) is 4.06. The number of unbranched alkanes of at least 4 members (excludes halogenated alkanes) is 7. The molecular formula is C20H34O6. The van der Waals surface area contributed by atoms with E-state index in [4.69, 9.17) is 9.47 Å². The monoisotopic (exact) mass is 370 g/mol. The average molecular weight is 370 g/mol. The molecule has 0 rings (SSSR count). The van der Waals surface area contributed by atoms with E-state index in [0.717, 1.165) is 51.4 Å². The van der Waals surface area contributed by atoms with Gasteiger partial charge in [0.25, 0.3) is 0 Å². The highest BCUT2D eigenvalue weighted by Gasteiger charge is 2.38. The zero-order chi connectivity index (χ0) is 20.0. The second kappa shape index (κ2) is 13.4. The maximum absolute atomic E-state index is 11.8. The maximum Gasteiger partial charge on any atom is 0.333 e. The van der Waals surface area contributed by atoms with Crippen molar-refractivity contribution in [2.24, 2.45) is 5.41 Å². The molecule has 0 spiro atoms. The second-order valence-corrected chi connectivity index (χ2v) is 7.00. The van der Waals surface area contributed by atoms with Crippen LogP contribution in [-0.2, 0) is 28.6 Å². The molecule has 0 N–H and O–H groups in total. The quantitative estimate of drug-likeness (QED) is 0.151. The van der Waals surface area contributed by atoms with Crippen LogP contribution in [0, 0.1) is 5.41 Å². The minimum atomic E-state index is -1.26. The largest absolute Gasteiger partial charge is 0.468 e. The van der Waals surface area contributed by atoms with Crippen molar-refractivity contribution in [3.05, 3.63) is 12.2 Å². The fourth-order valence-electron chi connectivity index (χ4n) is 2.24. The molecule has 6 heteroatoms. The molecule has 0 amide bonds. The Hall–Kier alpha value is -1.85.